The number of imidazole rings is 1. The standard InChI is InChI=1S/C25H26ClN5/c1-17-20(15-18-9-11-19(26)12-10-18)24(28-13-6-14-30(2)3)31-23-8-5-4-7-22(23)29-25(31)21(17)16-27/h4-5,7-12H,6,13-15H2,1-3H3,(H,28,29)/p+1. The number of aromatic nitrogens is 2. The third kappa shape index (κ3) is 4.23. The van der Waals surface area contributed by atoms with Crippen LogP contribution >= 0.6 is 11.6 Å². The maximum atomic E-state index is 10.0. The molecule has 2 N–H and O–H groups in total. The molecule has 0 aliphatic rings. The van der Waals surface area contributed by atoms with Crippen LogP contribution in [0, 0.1) is 18.3 Å². The normalized spacial score (nSPS) is 11.4. The average molecular weight is 433 g/mol. The Morgan fingerprint density at radius 1 is 1.13 bits per heavy atom. The largest absolute Gasteiger partial charge is 0.309 e. The van der Waals surface area contributed by atoms with Gasteiger partial charge >= 0.3 is 0 Å². The van der Waals surface area contributed by atoms with Crippen LogP contribution in [0.15, 0.2) is 48.5 Å². The third-order valence-electron chi connectivity index (χ3n) is 5.68. The number of hydrogen-bond acceptors (Lipinski definition) is 3. The van der Waals surface area contributed by atoms with Crippen molar-refractivity contribution in [3.63, 3.8) is 0 Å². The molecular formula is C25H27ClN5+. The summed E-state index contributed by atoms with van der Waals surface area (Å²) in [5, 5.41) is 14.4. The van der Waals surface area contributed by atoms with Gasteiger partial charge in [-0.3, -0.25) is 4.98 Å². The van der Waals surface area contributed by atoms with E-state index >= 15 is 0 Å². The smallest absolute Gasteiger partial charge is 0.250 e. The predicted octanol–water partition coefficient (Wildman–Crippen LogP) is 4.69. The Balaban J connectivity index is 1.91. The molecule has 0 spiro atoms. The molecular weight excluding hydrogens is 406 g/mol. The van der Waals surface area contributed by atoms with E-state index in [4.69, 9.17) is 11.6 Å². The monoisotopic (exact) mass is 432 g/mol. The molecule has 4 rings (SSSR count). The predicted molar refractivity (Wildman–Crippen MR) is 127 cm³/mol. The summed E-state index contributed by atoms with van der Waals surface area (Å²) in [6, 6.07) is 18.5. The van der Waals surface area contributed by atoms with Crippen LogP contribution in [0.25, 0.3) is 16.7 Å². The van der Waals surface area contributed by atoms with Crippen LogP contribution in [0.3, 0.4) is 0 Å². The summed E-state index contributed by atoms with van der Waals surface area (Å²) in [6.07, 6.45) is 1.74. The maximum Gasteiger partial charge on any atom is 0.250 e. The Morgan fingerprint density at radius 2 is 1.87 bits per heavy atom. The number of para-hydroxylation sites is 2. The first-order chi connectivity index (χ1) is 15.0. The number of halogens is 1. The van der Waals surface area contributed by atoms with Crippen LogP contribution in [0.5, 0.6) is 0 Å². The summed E-state index contributed by atoms with van der Waals surface area (Å²) in [4.78, 5) is 5.65. The van der Waals surface area contributed by atoms with E-state index in [2.05, 4.69) is 45.8 Å². The lowest BCUT2D eigenvalue weighted by Gasteiger charge is -2.15. The summed E-state index contributed by atoms with van der Waals surface area (Å²) in [5.41, 5.74) is 6.87. The Morgan fingerprint density at radius 3 is 2.58 bits per heavy atom. The van der Waals surface area contributed by atoms with Crippen molar-refractivity contribution in [2.45, 2.75) is 19.8 Å². The van der Waals surface area contributed by atoms with E-state index in [-0.39, 0.29) is 0 Å². The zero-order chi connectivity index (χ0) is 22.0. The molecule has 4 aromatic rings. The van der Waals surface area contributed by atoms with Gasteiger partial charge in [-0.25, -0.2) is 0 Å². The zero-order valence-electron chi connectivity index (χ0n) is 18.2. The van der Waals surface area contributed by atoms with Gasteiger partial charge in [-0.05, 0) is 62.8 Å². The topological polar surface area (TPSA) is 58.9 Å². The second-order valence-corrected chi connectivity index (χ2v) is 8.59. The van der Waals surface area contributed by atoms with Crippen molar-refractivity contribution in [2.24, 2.45) is 0 Å². The molecule has 0 atom stereocenters. The van der Waals surface area contributed by atoms with Gasteiger partial charge in [-0.15, -0.1) is 0 Å². The van der Waals surface area contributed by atoms with Gasteiger partial charge in [-0.1, -0.05) is 35.9 Å². The average Bonchev–Trinajstić information content (AvgIpc) is 3.13. The van der Waals surface area contributed by atoms with Gasteiger partial charge in [-0.2, -0.15) is 9.66 Å². The highest BCUT2D eigenvalue weighted by Gasteiger charge is 2.25. The van der Waals surface area contributed by atoms with E-state index in [1.54, 1.807) is 0 Å². The number of benzene rings is 2. The first kappa shape index (κ1) is 21.2. The molecule has 2 heterocycles. The number of fused-ring (bicyclic) bond motifs is 3. The zero-order valence-corrected chi connectivity index (χ0v) is 18.9. The van der Waals surface area contributed by atoms with E-state index in [1.807, 2.05) is 49.4 Å². The molecule has 6 heteroatoms. The van der Waals surface area contributed by atoms with Crippen molar-refractivity contribution in [3.05, 3.63) is 75.8 Å². The van der Waals surface area contributed by atoms with Crippen molar-refractivity contribution in [2.75, 3.05) is 32.5 Å². The summed E-state index contributed by atoms with van der Waals surface area (Å²) < 4.78 is 2.17. The number of rotatable bonds is 7. The molecule has 158 valence electrons. The van der Waals surface area contributed by atoms with Crippen LogP contribution in [0.2, 0.25) is 5.02 Å². The van der Waals surface area contributed by atoms with Crippen molar-refractivity contribution in [3.8, 4) is 6.07 Å². The Kier molecular flexibility index (Phi) is 6.13. The molecule has 0 radical (unpaired) electrons. The minimum absolute atomic E-state index is 0.680. The molecule has 31 heavy (non-hydrogen) atoms. The van der Waals surface area contributed by atoms with Crippen molar-refractivity contribution in [1.82, 2.24) is 9.88 Å². The third-order valence-corrected chi connectivity index (χ3v) is 5.93. The minimum Gasteiger partial charge on any atom is -0.309 e. The Bertz CT molecular complexity index is 1270. The van der Waals surface area contributed by atoms with E-state index in [0.717, 1.165) is 70.1 Å². The molecule has 0 saturated heterocycles. The SMILES string of the molecule is Cc1c(Cc2ccc(Cl)cc2)c(NCCCN(C)C)[n+]2c([nH]c3ccccc32)c1C#N. The molecule has 5 nitrogen and oxygen atoms in total. The lowest BCUT2D eigenvalue weighted by molar-refractivity contribution is -0.465. The highest BCUT2D eigenvalue weighted by atomic mass is 35.5. The van der Waals surface area contributed by atoms with Gasteiger partial charge in [0, 0.05) is 23.6 Å². The number of aromatic amines is 1. The van der Waals surface area contributed by atoms with Crippen LogP contribution in [-0.4, -0.2) is 37.1 Å². The van der Waals surface area contributed by atoms with Crippen molar-refractivity contribution < 1.29 is 4.40 Å². The van der Waals surface area contributed by atoms with Crippen LogP contribution < -0.4 is 9.72 Å². The highest BCUT2D eigenvalue weighted by molar-refractivity contribution is 6.30. The minimum atomic E-state index is 0.680. The molecule has 0 aliphatic carbocycles. The van der Waals surface area contributed by atoms with E-state index in [1.165, 1.54) is 0 Å². The molecule has 0 bridgehead atoms. The Hall–Kier alpha value is -3.07. The van der Waals surface area contributed by atoms with Crippen molar-refractivity contribution in [1.29, 1.82) is 5.26 Å². The number of pyridine rings is 1. The van der Waals surface area contributed by atoms with Gasteiger partial charge in [0.15, 0.2) is 0 Å². The number of nitrogens with one attached hydrogen (secondary N) is 2. The van der Waals surface area contributed by atoms with E-state index in [0.29, 0.717) is 5.56 Å². The molecule has 0 saturated carbocycles. The lowest BCUT2D eigenvalue weighted by Crippen LogP contribution is -2.31. The molecule has 0 amide bonds. The number of anilines is 1. The molecule has 2 aromatic carbocycles. The van der Waals surface area contributed by atoms with Crippen LogP contribution in [0.1, 0.15) is 28.7 Å². The van der Waals surface area contributed by atoms with Gasteiger partial charge in [0.25, 0.3) is 0 Å². The second-order valence-electron chi connectivity index (χ2n) is 8.15. The number of H-pyrrole nitrogens is 1. The number of nitriles is 1. The van der Waals surface area contributed by atoms with Gasteiger partial charge in [0.2, 0.25) is 11.5 Å². The van der Waals surface area contributed by atoms with Gasteiger partial charge < -0.3 is 10.2 Å². The molecule has 0 aliphatic heterocycles. The van der Waals surface area contributed by atoms with E-state index in [9.17, 15) is 5.26 Å². The number of hydrogen-bond donors (Lipinski definition) is 2. The van der Waals surface area contributed by atoms with Crippen LogP contribution in [-0.2, 0) is 6.42 Å². The summed E-state index contributed by atoms with van der Waals surface area (Å²) in [5.74, 6) is 1.04. The fourth-order valence-electron chi connectivity index (χ4n) is 4.07. The molecule has 0 fully saturated rings. The quantitative estimate of drug-likeness (QED) is 0.329. The highest BCUT2D eigenvalue weighted by Crippen LogP contribution is 2.28. The lowest BCUT2D eigenvalue weighted by atomic mass is 9.97. The second kappa shape index (κ2) is 8.97. The Labute approximate surface area is 187 Å². The first-order valence-electron chi connectivity index (χ1n) is 10.5. The fourth-order valence-corrected chi connectivity index (χ4v) is 4.20. The van der Waals surface area contributed by atoms with Gasteiger partial charge in [0.05, 0.1) is 6.54 Å². The molecule has 2 aromatic heterocycles. The van der Waals surface area contributed by atoms with E-state index < -0.39 is 0 Å². The summed E-state index contributed by atoms with van der Waals surface area (Å²) in [6.45, 7) is 3.90. The summed E-state index contributed by atoms with van der Waals surface area (Å²) in [7, 11) is 4.18. The molecule has 0 unspecified atom stereocenters. The first-order valence-corrected chi connectivity index (χ1v) is 10.9. The van der Waals surface area contributed by atoms with Gasteiger partial charge in [0.1, 0.15) is 22.7 Å². The van der Waals surface area contributed by atoms with Crippen LogP contribution in [0.4, 0.5) is 5.82 Å². The van der Waals surface area contributed by atoms with Crippen molar-refractivity contribution >= 4 is 34.1 Å². The maximum absolute atomic E-state index is 10.0. The summed E-state index contributed by atoms with van der Waals surface area (Å²) >= 11 is 6.10. The fraction of sp³-hybridized carbons (Fsp3) is 0.280. The number of nitrogens with zero attached hydrogens (tertiary/aromatic N) is 3.